The maximum atomic E-state index is 13.3. The van der Waals surface area contributed by atoms with Gasteiger partial charge in [-0.25, -0.2) is 0 Å². The summed E-state index contributed by atoms with van der Waals surface area (Å²) in [6, 6.07) is 3.39. The predicted octanol–water partition coefficient (Wildman–Crippen LogP) is 3.10. The molecule has 12 heteroatoms. The van der Waals surface area contributed by atoms with Gasteiger partial charge in [0.1, 0.15) is 0 Å². The maximum Gasteiger partial charge on any atom is 0.416 e. The van der Waals surface area contributed by atoms with E-state index in [0.717, 1.165) is 31.5 Å². The lowest BCUT2D eigenvalue weighted by Crippen LogP contribution is -2.52. The van der Waals surface area contributed by atoms with Gasteiger partial charge in [0.05, 0.1) is 16.4 Å². The number of benzene rings is 1. The number of anilines is 1. The fourth-order valence-corrected chi connectivity index (χ4v) is 4.86. The molecule has 33 heavy (non-hydrogen) atoms. The van der Waals surface area contributed by atoms with Gasteiger partial charge in [0, 0.05) is 38.4 Å². The van der Waals surface area contributed by atoms with Crippen molar-refractivity contribution in [3.63, 3.8) is 0 Å². The monoisotopic (exact) mass is 504 g/mol. The van der Waals surface area contributed by atoms with Gasteiger partial charge in [-0.1, -0.05) is 0 Å². The van der Waals surface area contributed by atoms with E-state index in [9.17, 15) is 27.6 Å². The standard InChI is InChI=1S/C21H23F3N4O3S.ClH/c22-21(23,24)15-3-4-16(14(10-15)11-17-18(29)26-20(31)32-17)27-6-8-28(9-7-27)19(30)13-2-1-5-25-12-13;/h3-4,10-11,13,25H,1-2,5-9,12H2,(H,26,29,31);1H/b17-11-;. The van der Waals surface area contributed by atoms with Gasteiger partial charge in [-0.3, -0.25) is 19.7 Å². The topological polar surface area (TPSA) is 81.8 Å². The Morgan fingerprint density at radius 1 is 1.15 bits per heavy atom. The number of halogens is 4. The highest BCUT2D eigenvalue weighted by Gasteiger charge is 2.33. The normalized spacial score (nSPS) is 22.9. The molecule has 3 aliphatic rings. The van der Waals surface area contributed by atoms with Gasteiger partial charge in [0.25, 0.3) is 11.1 Å². The third-order valence-electron chi connectivity index (χ3n) is 5.86. The fraction of sp³-hybridized carbons (Fsp3) is 0.476. The second-order valence-electron chi connectivity index (χ2n) is 7.98. The zero-order chi connectivity index (χ0) is 22.9. The van der Waals surface area contributed by atoms with Crippen molar-refractivity contribution in [3.8, 4) is 0 Å². The minimum atomic E-state index is -4.54. The first kappa shape index (κ1) is 25.4. The number of nitrogens with one attached hydrogen (secondary N) is 2. The highest BCUT2D eigenvalue weighted by Crippen LogP contribution is 2.36. The minimum absolute atomic E-state index is 0. The number of imide groups is 1. The lowest BCUT2D eigenvalue weighted by Gasteiger charge is -2.39. The summed E-state index contributed by atoms with van der Waals surface area (Å²) in [7, 11) is 0. The molecule has 3 amide bonds. The van der Waals surface area contributed by atoms with E-state index in [-0.39, 0.29) is 34.7 Å². The number of piperidine rings is 1. The molecular weight excluding hydrogens is 481 g/mol. The predicted molar refractivity (Wildman–Crippen MR) is 122 cm³/mol. The van der Waals surface area contributed by atoms with E-state index in [4.69, 9.17) is 0 Å². The van der Waals surface area contributed by atoms with Gasteiger partial charge in [-0.05, 0) is 61.0 Å². The zero-order valence-electron chi connectivity index (χ0n) is 17.6. The number of carbonyl (C=O) groups is 3. The Hall–Kier alpha value is -2.24. The van der Waals surface area contributed by atoms with E-state index < -0.39 is 22.9 Å². The van der Waals surface area contributed by atoms with Crippen LogP contribution in [0.1, 0.15) is 24.0 Å². The molecule has 0 spiro atoms. The van der Waals surface area contributed by atoms with Crippen molar-refractivity contribution >= 4 is 53.0 Å². The number of thioether (sulfide) groups is 1. The van der Waals surface area contributed by atoms with Crippen LogP contribution in [0.2, 0.25) is 0 Å². The molecular formula is C21H24ClF3N4O3S. The van der Waals surface area contributed by atoms with Crippen LogP contribution in [0, 0.1) is 5.92 Å². The summed E-state index contributed by atoms with van der Waals surface area (Å²) < 4.78 is 39.9. The SMILES string of the molecule is Cl.O=C1NC(=O)/C(=C/c2cc(C(F)(F)F)ccc2N2CCN(C(=O)C3CCCNC3)CC2)S1. The van der Waals surface area contributed by atoms with Crippen LogP contribution in [0.5, 0.6) is 0 Å². The largest absolute Gasteiger partial charge is 0.416 e. The summed E-state index contributed by atoms with van der Waals surface area (Å²) in [5.74, 6) is -0.541. The molecule has 7 nitrogen and oxygen atoms in total. The van der Waals surface area contributed by atoms with Crippen molar-refractivity contribution < 1.29 is 27.6 Å². The van der Waals surface area contributed by atoms with Gasteiger partial charge >= 0.3 is 6.18 Å². The molecule has 0 bridgehead atoms. The van der Waals surface area contributed by atoms with E-state index in [2.05, 4.69) is 10.6 Å². The molecule has 0 radical (unpaired) electrons. The Balaban J connectivity index is 0.00000306. The second-order valence-corrected chi connectivity index (χ2v) is 8.99. The molecule has 4 rings (SSSR count). The van der Waals surface area contributed by atoms with Crippen molar-refractivity contribution in [3.05, 3.63) is 34.2 Å². The summed E-state index contributed by atoms with van der Waals surface area (Å²) in [4.78, 5) is 39.9. The molecule has 2 N–H and O–H groups in total. The van der Waals surface area contributed by atoms with E-state index in [1.165, 1.54) is 12.1 Å². The third-order valence-corrected chi connectivity index (χ3v) is 6.67. The first-order chi connectivity index (χ1) is 15.2. The van der Waals surface area contributed by atoms with Gasteiger partial charge in [0.15, 0.2) is 0 Å². The van der Waals surface area contributed by atoms with E-state index in [0.29, 0.717) is 50.2 Å². The van der Waals surface area contributed by atoms with Crippen molar-refractivity contribution in [1.82, 2.24) is 15.5 Å². The van der Waals surface area contributed by atoms with Gasteiger partial charge in [-0.2, -0.15) is 13.2 Å². The maximum absolute atomic E-state index is 13.3. The Labute approximate surface area is 199 Å². The van der Waals surface area contributed by atoms with Gasteiger partial charge in [0.2, 0.25) is 5.91 Å². The number of alkyl halides is 3. The Bertz CT molecular complexity index is 959. The molecule has 3 heterocycles. The van der Waals surface area contributed by atoms with Crippen LogP contribution >= 0.6 is 24.2 Å². The molecule has 1 aromatic rings. The highest BCUT2D eigenvalue weighted by molar-refractivity contribution is 8.18. The van der Waals surface area contributed by atoms with Crippen molar-refractivity contribution in [2.45, 2.75) is 19.0 Å². The summed E-state index contributed by atoms with van der Waals surface area (Å²) in [6.07, 6.45) is -1.39. The van der Waals surface area contributed by atoms with Gasteiger partial charge < -0.3 is 15.1 Å². The van der Waals surface area contributed by atoms with Crippen LogP contribution < -0.4 is 15.5 Å². The van der Waals surface area contributed by atoms with Gasteiger partial charge in [-0.15, -0.1) is 12.4 Å². The molecule has 3 fully saturated rings. The average molecular weight is 505 g/mol. The van der Waals surface area contributed by atoms with E-state index >= 15 is 0 Å². The first-order valence-corrected chi connectivity index (χ1v) is 11.2. The highest BCUT2D eigenvalue weighted by atomic mass is 35.5. The van der Waals surface area contributed by atoms with Crippen molar-refractivity contribution in [2.24, 2.45) is 5.92 Å². The van der Waals surface area contributed by atoms with Crippen LogP contribution in [0.4, 0.5) is 23.7 Å². The molecule has 1 atom stereocenters. The summed E-state index contributed by atoms with van der Waals surface area (Å²) in [5.41, 5.74) is -0.0884. The molecule has 0 saturated carbocycles. The van der Waals surface area contributed by atoms with Crippen LogP contribution in [-0.4, -0.2) is 61.2 Å². The number of hydrogen-bond acceptors (Lipinski definition) is 6. The smallest absolute Gasteiger partial charge is 0.367 e. The van der Waals surface area contributed by atoms with Crippen LogP contribution in [0.3, 0.4) is 0 Å². The number of nitrogens with zero attached hydrogens (tertiary/aromatic N) is 2. The Morgan fingerprint density at radius 2 is 1.88 bits per heavy atom. The minimum Gasteiger partial charge on any atom is -0.367 e. The number of amides is 3. The molecule has 0 aliphatic carbocycles. The molecule has 1 unspecified atom stereocenters. The summed E-state index contributed by atoms with van der Waals surface area (Å²) in [5, 5.41) is 4.80. The lowest BCUT2D eigenvalue weighted by atomic mass is 9.97. The Morgan fingerprint density at radius 3 is 2.45 bits per heavy atom. The molecule has 180 valence electrons. The van der Waals surface area contributed by atoms with E-state index in [1.807, 2.05) is 9.80 Å². The second kappa shape index (κ2) is 10.4. The number of carbonyl (C=O) groups excluding carboxylic acids is 3. The zero-order valence-corrected chi connectivity index (χ0v) is 19.2. The molecule has 3 saturated heterocycles. The summed E-state index contributed by atoms with van der Waals surface area (Å²) >= 11 is 0.660. The molecule has 0 aromatic heterocycles. The molecule has 1 aromatic carbocycles. The number of hydrogen-bond donors (Lipinski definition) is 2. The van der Waals surface area contributed by atoms with Crippen molar-refractivity contribution in [2.75, 3.05) is 44.2 Å². The third kappa shape index (κ3) is 5.82. The number of piperazine rings is 1. The Kier molecular flexibility index (Phi) is 7.96. The van der Waals surface area contributed by atoms with E-state index in [1.54, 1.807) is 0 Å². The average Bonchev–Trinajstić information content (AvgIpc) is 3.10. The quantitative estimate of drug-likeness (QED) is 0.616. The fourth-order valence-electron chi connectivity index (χ4n) is 4.19. The molecule has 3 aliphatic heterocycles. The van der Waals surface area contributed by atoms with Crippen LogP contribution in [0.25, 0.3) is 6.08 Å². The van der Waals surface area contributed by atoms with Crippen LogP contribution in [0.15, 0.2) is 23.1 Å². The summed E-state index contributed by atoms with van der Waals surface area (Å²) in [6.45, 7) is 3.47. The van der Waals surface area contributed by atoms with Crippen molar-refractivity contribution in [1.29, 1.82) is 0 Å². The first-order valence-electron chi connectivity index (χ1n) is 10.4. The number of rotatable bonds is 3. The lowest BCUT2D eigenvalue weighted by molar-refractivity contribution is -0.138. The van der Waals surface area contributed by atoms with Crippen LogP contribution in [-0.2, 0) is 15.8 Å².